The van der Waals surface area contributed by atoms with Crippen LogP contribution in [0.5, 0.6) is 17.2 Å². The molecule has 0 heterocycles. The molecule has 0 unspecified atom stereocenters. The van der Waals surface area contributed by atoms with E-state index in [0.29, 0.717) is 5.75 Å². The van der Waals surface area contributed by atoms with E-state index in [9.17, 15) is 5.11 Å². The van der Waals surface area contributed by atoms with Crippen LogP contribution >= 0.6 is 0 Å². The summed E-state index contributed by atoms with van der Waals surface area (Å²) in [5.41, 5.74) is 2.16. The molecule has 0 aliphatic carbocycles. The van der Waals surface area contributed by atoms with Crippen LogP contribution in [-0.2, 0) is 12.8 Å². The van der Waals surface area contributed by atoms with E-state index >= 15 is 0 Å². The van der Waals surface area contributed by atoms with E-state index in [-0.39, 0.29) is 0 Å². The maximum absolute atomic E-state index is 10.0. The lowest BCUT2D eigenvalue weighted by Crippen LogP contribution is -1.93. The summed E-state index contributed by atoms with van der Waals surface area (Å²) in [5, 5.41) is 10.0. The van der Waals surface area contributed by atoms with Gasteiger partial charge in [-0.15, -0.1) is 0 Å². The smallest absolute Gasteiger partial charge is 0.127 e. The number of phenols is 1. The van der Waals surface area contributed by atoms with Crippen molar-refractivity contribution in [3.63, 3.8) is 0 Å². The molecule has 0 atom stereocenters. The standard InChI is InChI=1S/C20H18O2/c21-20-14-13-19(22-18-9-5-2-6-10-18)15-17(20)12-11-16-7-3-1-4-8-16/h1-10,13-15,21H,11-12H2. The highest BCUT2D eigenvalue weighted by Gasteiger charge is 2.05. The summed E-state index contributed by atoms with van der Waals surface area (Å²) in [6.07, 6.45) is 1.67. The highest BCUT2D eigenvalue weighted by atomic mass is 16.5. The first-order chi connectivity index (χ1) is 10.8. The average molecular weight is 290 g/mol. The third kappa shape index (κ3) is 3.67. The summed E-state index contributed by atoms with van der Waals surface area (Å²) < 4.78 is 5.81. The fraction of sp³-hybridized carbons (Fsp3) is 0.100. The van der Waals surface area contributed by atoms with Gasteiger partial charge in [-0.05, 0) is 54.3 Å². The highest BCUT2D eigenvalue weighted by Crippen LogP contribution is 2.27. The van der Waals surface area contributed by atoms with E-state index in [1.165, 1.54) is 5.56 Å². The molecule has 0 saturated heterocycles. The largest absolute Gasteiger partial charge is 0.508 e. The fourth-order valence-electron chi connectivity index (χ4n) is 2.37. The van der Waals surface area contributed by atoms with Crippen molar-refractivity contribution in [1.29, 1.82) is 0 Å². The van der Waals surface area contributed by atoms with E-state index in [2.05, 4.69) is 12.1 Å². The second-order valence-electron chi connectivity index (χ2n) is 5.19. The highest BCUT2D eigenvalue weighted by molar-refractivity contribution is 5.41. The van der Waals surface area contributed by atoms with Gasteiger partial charge in [0.15, 0.2) is 0 Å². The minimum atomic E-state index is 0.316. The zero-order chi connectivity index (χ0) is 15.2. The first-order valence-electron chi connectivity index (χ1n) is 7.40. The zero-order valence-corrected chi connectivity index (χ0v) is 12.3. The molecule has 0 amide bonds. The molecule has 110 valence electrons. The van der Waals surface area contributed by atoms with Crippen LogP contribution in [0.4, 0.5) is 0 Å². The van der Waals surface area contributed by atoms with Crippen LogP contribution in [0.15, 0.2) is 78.9 Å². The van der Waals surface area contributed by atoms with Crippen LogP contribution in [0, 0.1) is 0 Å². The predicted molar refractivity (Wildman–Crippen MR) is 88.5 cm³/mol. The van der Waals surface area contributed by atoms with Gasteiger partial charge in [0.1, 0.15) is 17.2 Å². The van der Waals surface area contributed by atoms with Gasteiger partial charge < -0.3 is 9.84 Å². The number of phenolic OH excluding ortho intramolecular Hbond substituents is 1. The van der Waals surface area contributed by atoms with Gasteiger partial charge in [0.2, 0.25) is 0 Å². The summed E-state index contributed by atoms with van der Waals surface area (Å²) in [6.45, 7) is 0. The van der Waals surface area contributed by atoms with Crippen LogP contribution in [0.1, 0.15) is 11.1 Å². The molecule has 3 aromatic carbocycles. The van der Waals surface area contributed by atoms with Gasteiger partial charge in [0.05, 0.1) is 0 Å². The summed E-state index contributed by atoms with van der Waals surface area (Å²) in [4.78, 5) is 0. The van der Waals surface area contributed by atoms with Gasteiger partial charge in [-0.25, -0.2) is 0 Å². The lowest BCUT2D eigenvalue weighted by atomic mass is 10.0. The van der Waals surface area contributed by atoms with Crippen LogP contribution in [0.25, 0.3) is 0 Å². The molecule has 0 saturated carbocycles. The molecule has 3 aromatic rings. The molecule has 22 heavy (non-hydrogen) atoms. The number of benzene rings is 3. The summed E-state index contributed by atoms with van der Waals surface area (Å²) in [5.74, 6) is 1.85. The first kappa shape index (κ1) is 14.2. The quantitative estimate of drug-likeness (QED) is 0.719. The molecule has 0 bridgehead atoms. The molecule has 0 aliphatic heterocycles. The Balaban J connectivity index is 1.72. The third-order valence-corrected chi connectivity index (χ3v) is 3.56. The topological polar surface area (TPSA) is 29.5 Å². The SMILES string of the molecule is Oc1ccc(Oc2ccccc2)cc1CCc1ccccc1. The van der Waals surface area contributed by atoms with Gasteiger partial charge in [-0.3, -0.25) is 0 Å². The van der Waals surface area contributed by atoms with Gasteiger partial charge in [-0.1, -0.05) is 48.5 Å². The van der Waals surface area contributed by atoms with Gasteiger partial charge in [0, 0.05) is 0 Å². The van der Waals surface area contributed by atoms with Crippen LogP contribution in [0.2, 0.25) is 0 Å². The van der Waals surface area contributed by atoms with Gasteiger partial charge in [0.25, 0.3) is 0 Å². The van der Waals surface area contributed by atoms with Crippen LogP contribution in [-0.4, -0.2) is 5.11 Å². The van der Waals surface area contributed by atoms with Crippen LogP contribution < -0.4 is 4.74 Å². The zero-order valence-electron chi connectivity index (χ0n) is 12.3. The maximum Gasteiger partial charge on any atom is 0.127 e. The van der Waals surface area contributed by atoms with Crippen molar-refractivity contribution in [3.8, 4) is 17.2 Å². The Morgan fingerprint density at radius 1 is 0.682 bits per heavy atom. The summed E-state index contributed by atoms with van der Waals surface area (Å²) >= 11 is 0. The Morgan fingerprint density at radius 2 is 1.36 bits per heavy atom. The van der Waals surface area contributed by atoms with Crippen molar-refractivity contribution in [2.75, 3.05) is 0 Å². The molecular formula is C20H18O2. The van der Waals surface area contributed by atoms with E-state index in [4.69, 9.17) is 4.74 Å². The van der Waals surface area contributed by atoms with Crippen molar-refractivity contribution < 1.29 is 9.84 Å². The normalized spacial score (nSPS) is 10.4. The molecule has 0 radical (unpaired) electrons. The summed E-state index contributed by atoms with van der Waals surface area (Å²) in [7, 11) is 0. The minimum absolute atomic E-state index is 0.316. The van der Waals surface area contributed by atoms with E-state index in [0.717, 1.165) is 29.9 Å². The first-order valence-corrected chi connectivity index (χ1v) is 7.40. The van der Waals surface area contributed by atoms with Crippen molar-refractivity contribution in [2.45, 2.75) is 12.8 Å². The lowest BCUT2D eigenvalue weighted by Gasteiger charge is -2.09. The number of aryl methyl sites for hydroxylation is 2. The van der Waals surface area contributed by atoms with Crippen molar-refractivity contribution >= 4 is 0 Å². The number of rotatable bonds is 5. The second-order valence-corrected chi connectivity index (χ2v) is 5.19. The molecule has 0 aromatic heterocycles. The lowest BCUT2D eigenvalue weighted by molar-refractivity contribution is 0.457. The third-order valence-electron chi connectivity index (χ3n) is 3.56. The number of ether oxygens (including phenoxy) is 1. The molecular weight excluding hydrogens is 272 g/mol. The maximum atomic E-state index is 10.0. The van der Waals surface area contributed by atoms with Gasteiger partial charge >= 0.3 is 0 Å². The van der Waals surface area contributed by atoms with E-state index in [1.807, 2.05) is 54.6 Å². The van der Waals surface area contributed by atoms with Gasteiger partial charge in [-0.2, -0.15) is 0 Å². The minimum Gasteiger partial charge on any atom is -0.508 e. The number of para-hydroxylation sites is 1. The molecule has 2 heteroatoms. The van der Waals surface area contributed by atoms with Crippen LogP contribution in [0.3, 0.4) is 0 Å². The average Bonchev–Trinajstić information content (AvgIpc) is 2.57. The number of hydrogen-bond donors (Lipinski definition) is 1. The Labute approximate surface area is 130 Å². The summed E-state index contributed by atoms with van der Waals surface area (Å²) in [6, 6.07) is 25.3. The number of aromatic hydroxyl groups is 1. The second kappa shape index (κ2) is 6.81. The molecule has 0 fully saturated rings. The molecule has 2 nitrogen and oxygen atoms in total. The Bertz CT molecular complexity index is 721. The van der Waals surface area contributed by atoms with E-state index in [1.54, 1.807) is 12.1 Å². The number of hydrogen-bond acceptors (Lipinski definition) is 2. The van der Waals surface area contributed by atoms with Crippen molar-refractivity contribution in [1.82, 2.24) is 0 Å². The molecule has 1 N–H and O–H groups in total. The Morgan fingerprint density at radius 3 is 2.09 bits per heavy atom. The van der Waals surface area contributed by atoms with Crippen molar-refractivity contribution in [2.24, 2.45) is 0 Å². The Hall–Kier alpha value is -2.74. The monoisotopic (exact) mass is 290 g/mol. The van der Waals surface area contributed by atoms with E-state index < -0.39 is 0 Å². The Kier molecular flexibility index (Phi) is 4.40. The fourth-order valence-corrected chi connectivity index (χ4v) is 2.37. The van der Waals surface area contributed by atoms with Crippen molar-refractivity contribution in [3.05, 3.63) is 90.0 Å². The molecule has 0 aliphatic rings. The molecule has 3 rings (SSSR count). The predicted octanol–water partition coefficient (Wildman–Crippen LogP) is 4.97. The molecule has 0 spiro atoms.